The van der Waals surface area contributed by atoms with Crippen LogP contribution in [-0.2, 0) is 4.79 Å². The van der Waals surface area contributed by atoms with Crippen LogP contribution in [0.4, 0.5) is 0 Å². The maximum atomic E-state index is 11.7. The van der Waals surface area contributed by atoms with Gasteiger partial charge in [0, 0.05) is 6.54 Å². The molecule has 1 atom stereocenters. The molecule has 1 aliphatic rings. The highest BCUT2D eigenvalue weighted by atomic mass is 16.4. The Labute approximate surface area is 98.8 Å². The molecule has 16 heavy (non-hydrogen) atoms. The maximum absolute atomic E-state index is 11.7. The van der Waals surface area contributed by atoms with Gasteiger partial charge in [0.2, 0.25) is 0 Å². The van der Waals surface area contributed by atoms with Gasteiger partial charge in [-0.25, -0.2) is 0 Å². The molecule has 0 aromatic rings. The van der Waals surface area contributed by atoms with E-state index in [1.807, 2.05) is 0 Å². The van der Waals surface area contributed by atoms with Crippen LogP contribution >= 0.6 is 0 Å². The van der Waals surface area contributed by atoms with E-state index in [-0.39, 0.29) is 0 Å². The average Bonchev–Trinajstić information content (AvgIpc) is 2.64. The van der Waals surface area contributed by atoms with Gasteiger partial charge in [-0.05, 0) is 31.7 Å². The molecule has 0 aromatic heterocycles. The highest BCUT2D eigenvalue weighted by Crippen LogP contribution is 2.32. The molecular formula is C13H25NO2. The van der Waals surface area contributed by atoms with Crippen LogP contribution in [0.25, 0.3) is 0 Å². The second-order valence-corrected chi connectivity index (χ2v) is 5.18. The van der Waals surface area contributed by atoms with E-state index < -0.39 is 11.5 Å². The first-order chi connectivity index (χ1) is 7.56. The van der Waals surface area contributed by atoms with Gasteiger partial charge < -0.3 is 5.11 Å². The number of carboxylic acid groups (broad SMARTS) is 1. The van der Waals surface area contributed by atoms with Gasteiger partial charge in [-0.1, -0.05) is 33.6 Å². The molecular weight excluding hydrogens is 202 g/mol. The summed E-state index contributed by atoms with van der Waals surface area (Å²) in [4.78, 5) is 13.9. The fourth-order valence-corrected chi connectivity index (χ4v) is 2.94. The number of rotatable bonds is 6. The lowest BCUT2D eigenvalue weighted by Gasteiger charge is -2.38. The largest absolute Gasteiger partial charge is 0.480 e. The summed E-state index contributed by atoms with van der Waals surface area (Å²) in [7, 11) is 0. The summed E-state index contributed by atoms with van der Waals surface area (Å²) in [5, 5.41) is 9.59. The molecule has 1 N–H and O–H groups in total. The van der Waals surface area contributed by atoms with Gasteiger partial charge in [-0.15, -0.1) is 0 Å². The Balaban J connectivity index is 2.86. The molecule has 0 aromatic carbocycles. The summed E-state index contributed by atoms with van der Waals surface area (Å²) in [6.07, 6.45) is 4.59. The Morgan fingerprint density at radius 1 is 1.38 bits per heavy atom. The van der Waals surface area contributed by atoms with Crippen LogP contribution in [-0.4, -0.2) is 34.6 Å². The van der Waals surface area contributed by atoms with Gasteiger partial charge in [0.15, 0.2) is 0 Å². The van der Waals surface area contributed by atoms with Crippen LogP contribution in [0, 0.1) is 5.92 Å². The normalized spacial score (nSPS) is 22.6. The minimum absolute atomic E-state index is 0.589. The minimum atomic E-state index is -0.620. The van der Waals surface area contributed by atoms with Gasteiger partial charge in [0.1, 0.15) is 5.54 Å². The maximum Gasteiger partial charge on any atom is 0.324 e. The summed E-state index contributed by atoms with van der Waals surface area (Å²) in [6, 6.07) is 0. The molecule has 0 spiro atoms. The van der Waals surface area contributed by atoms with Crippen LogP contribution in [0.15, 0.2) is 0 Å². The molecule has 3 heteroatoms. The topological polar surface area (TPSA) is 40.5 Å². The zero-order chi connectivity index (χ0) is 12.2. The number of hydrogen-bond donors (Lipinski definition) is 1. The van der Waals surface area contributed by atoms with Crippen molar-refractivity contribution in [2.45, 2.75) is 58.4 Å². The Bertz CT molecular complexity index is 234. The van der Waals surface area contributed by atoms with Crippen molar-refractivity contribution in [3.05, 3.63) is 0 Å². The SMILES string of the molecule is CCCC(CCC)(C(=O)O)N1CCC(C)C1. The standard InChI is InChI=1S/C13H25NO2/c1-4-7-13(8-5-2,12(15)16)14-9-6-11(3)10-14/h11H,4-10H2,1-3H3,(H,15,16). The van der Waals surface area contributed by atoms with E-state index in [0.717, 1.165) is 45.2 Å². The summed E-state index contributed by atoms with van der Waals surface area (Å²) in [5.74, 6) is 0.0257. The zero-order valence-corrected chi connectivity index (χ0v) is 10.8. The number of likely N-dealkylation sites (tertiary alicyclic amines) is 1. The van der Waals surface area contributed by atoms with Crippen molar-refractivity contribution in [3.63, 3.8) is 0 Å². The second kappa shape index (κ2) is 5.67. The highest BCUT2D eigenvalue weighted by molar-refractivity contribution is 5.78. The third-order valence-electron chi connectivity index (χ3n) is 3.75. The number of hydrogen-bond acceptors (Lipinski definition) is 2. The molecule has 0 saturated carbocycles. The third kappa shape index (κ3) is 2.57. The lowest BCUT2D eigenvalue weighted by molar-refractivity contribution is -0.152. The molecule has 0 bridgehead atoms. The minimum Gasteiger partial charge on any atom is -0.480 e. The molecule has 0 aliphatic carbocycles. The van der Waals surface area contributed by atoms with Crippen LogP contribution < -0.4 is 0 Å². The van der Waals surface area contributed by atoms with E-state index in [9.17, 15) is 9.90 Å². The first kappa shape index (κ1) is 13.5. The molecule has 0 radical (unpaired) electrons. The molecule has 0 amide bonds. The second-order valence-electron chi connectivity index (χ2n) is 5.18. The number of aliphatic carboxylic acids is 1. The number of carboxylic acids is 1. The molecule has 1 saturated heterocycles. The summed E-state index contributed by atoms with van der Waals surface area (Å²) < 4.78 is 0. The van der Waals surface area contributed by atoms with Crippen LogP contribution in [0.1, 0.15) is 52.9 Å². The van der Waals surface area contributed by atoms with Crippen molar-refractivity contribution in [3.8, 4) is 0 Å². The van der Waals surface area contributed by atoms with Crippen molar-refractivity contribution in [1.82, 2.24) is 4.90 Å². The Morgan fingerprint density at radius 2 is 1.94 bits per heavy atom. The van der Waals surface area contributed by atoms with E-state index >= 15 is 0 Å². The fraction of sp³-hybridized carbons (Fsp3) is 0.923. The predicted octanol–water partition coefficient (Wildman–Crippen LogP) is 2.75. The molecule has 1 heterocycles. The van der Waals surface area contributed by atoms with E-state index in [0.29, 0.717) is 5.92 Å². The molecule has 1 unspecified atom stereocenters. The van der Waals surface area contributed by atoms with Crippen molar-refractivity contribution in [1.29, 1.82) is 0 Å². The van der Waals surface area contributed by atoms with Crippen molar-refractivity contribution >= 4 is 5.97 Å². The smallest absolute Gasteiger partial charge is 0.324 e. The summed E-state index contributed by atoms with van der Waals surface area (Å²) >= 11 is 0. The average molecular weight is 227 g/mol. The lowest BCUT2D eigenvalue weighted by Crippen LogP contribution is -2.53. The lowest BCUT2D eigenvalue weighted by atomic mass is 9.87. The summed E-state index contributed by atoms with van der Waals surface area (Å²) in [6.45, 7) is 8.27. The number of carbonyl (C=O) groups is 1. The van der Waals surface area contributed by atoms with Crippen molar-refractivity contribution in [2.24, 2.45) is 5.92 Å². The quantitative estimate of drug-likeness (QED) is 0.758. The first-order valence-corrected chi connectivity index (χ1v) is 6.55. The third-order valence-corrected chi connectivity index (χ3v) is 3.75. The molecule has 94 valence electrons. The van der Waals surface area contributed by atoms with Crippen LogP contribution in [0.3, 0.4) is 0 Å². The number of nitrogens with zero attached hydrogens (tertiary/aromatic N) is 1. The molecule has 1 aliphatic heterocycles. The molecule has 3 nitrogen and oxygen atoms in total. The monoisotopic (exact) mass is 227 g/mol. The van der Waals surface area contributed by atoms with Gasteiger partial charge in [-0.3, -0.25) is 9.69 Å². The van der Waals surface area contributed by atoms with Crippen molar-refractivity contribution < 1.29 is 9.90 Å². The molecule has 1 fully saturated rings. The fourth-order valence-electron chi connectivity index (χ4n) is 2.94. The van der Waals surface area contributed by atoms with E-state index in [4.69, 9.17) is 0 Å². The van der Waals surface area contributed by atoms with Crippen LogP contribution in [0.5, 0.6) is 0 Å². The van der Waals surface area contributed by atoms with Gasteiger partial charge in [0.25, 0.3) is 0 Å². The Hall–Kier alpha value is -0.570. The Morgan fingerprint density at radius 3 is 2.25 bits per heavy atom. The molecule has 1 rings (SSSR count). The van der Waals surface area contributed by atoms with Crippen molar-refractivity contribution in [2.75, 3.05) is 13.1 Å². The van der Waals surface area contributed by atoms with Gasteiger partial charge in [0.05, 0.1) is 0 Å². The van der Waals surface area contributed by atoms with E-state index in [2.05, 4.69) is 25.7 Å². The zero-order valence-electron chi connectivity index (χ0n) is 10.8. The first-order valence-electron chi connectivity index (χ1n) is 6.55. The van der Waals surface area contributed by atoms with E-state index in [1.165, 1.54) is 0 Å². The van der Waals surface area contributed by atoms with Crippen LogP contribution in [0.2, 0.25) is 0 Å². The van der Waals surface area contributed by atoms with Gasteiger partial charge >= 0.3 is 5.97 Å². The summed E-state index contributed by atoms with van der Waals surface area (Å²) in [5.41, 5.74) is -0.589. The predicted molar refractivity (Wildman–Crippen MR) is 65.5 cm³/mol. The highest BCUT2D eigenvalue weighted by Gasteiger charge is 2.44. The van der Waals surface area contributed by atoms with Gasteiger partial charge in [-0.2, -0.15) is 0 Å². The van der Waals surface area contributed by atoms with E-state index in [1.54, 1.807) is 0 Å². The Kier molecular flexibility index (Phi) is 4.78.